The highest BCUT2D eigenvalue weighted by Gasteiger charge is 2.10. The van der Waals surface area contributed by atoms with E-state index in [0.29, 0.717) is 13.0 Å². The van der Waals surface area contributed by atoms with Crippen molar-refractivity contribution in [3.8, 4) is 0 Å². The van der Waals surface area contributed by atoms with Crippen LogP contribution in [0.4, 0.5) is 4.79 Å². The highest BCUT2D eigenvalue weighted by atomic mass is 16.4. The van der Waals surface area contributed by atoms with Crippen molar-refractivity contribution >= 4 is 12.0 Å². The number of carboxylic acids is 1. The van der Waals surface area contributed by atoms with E-state index in [1.807, 2.05) is 18.2 Å². The van der Waals surface area contributed by atoms with Crippen molar-refractivity contribution in [1.82, 2.24) is 15.6 Å². The van der Waals surface area contributed by atoms with Gasteiger partial charge in [0.25, 0.3) is 0 Å². The first-order chi connectivity index (χ1) is 8.58. The zero-order chi connectivity index (χ0) is 13.4. The Kier molecular flexibility index (Phi) is 5.63. The second-order valence-corrected chi connectivity index (χ2v) is 3.97. The fraction of sp³-hybridized carbons (Fsp3) is 0.417. The molecule has 0 aliphatic heterocycles. The Balaban J connectivity index is 2.19. The van der Waals surface area contributed by atoms with Gasteiger partial charge in [0.2, 0.25) is 0 Å². The highest BCUT2D eigenvalue weighted by molar-refractivity contribution is 5.75. The van der Waals surface area contributed by atoms with E-state index < -0.39 is 12.0 Å². The van der Waals surface area contributed by atoms with Crippen molar-refractivity contribution in [2.75, 3.05) is 6.54 Å². The molecule has 1 aromatic rings. The molecule has 1 rings (SSSR count). The Morgan fingerprint density at radius 3 is 2.83 bits per heavy atom. The number of pyridine rings is 1. The molecule has 18 heavy (non-hydrogen) atoms. The molecule has 6 nitrogen and oxygen atoms in total. The number of urea groups is 1. The van der Waals surface area contributed by atoms with Crippen LogP contribution in [0.25, 0.3) is 0 Å². The summed E-state index contributed by atoms with van der Waals surface area (Å²) in [5.41, 5.74) is 0.899. The van der Waals surface area contributed by atoms with Gasteiger partial charge in [0.05, 0.1) is 6.42 Å². The number of nitrogens with one attached hydrogen (secondary N) is 2. The van der Waals surface area contributed by atoms with Crippen molar-refractivity contribution in [3.63, 3.8) is 0 Å². The van der Waals surface area contributed by atoms with Crippen molar-refractivity contribution in [2.24, 2.45) is 0 Å². The number of aromatic nitrogens is 1. The first-order valence-corrected chi connectivity index (χ1v) is 5.74. The van der Waals surface area contributed by atoms with Crippen LogP contribution < -0.4 is 10.6 Å². The van der Waals surface area contributed by atoms with Crippen LogP contribution in [0.3, 0.4) is 0 Å². The molecule has 98 valence electrons. The van der Waals surface area contributed by atoms with Gasteiger partial charge in [-0.1, -0.05) is 6.07 Å². The summed E-state index contributed by atoms with van der Waals surface area (Å²) < 4.78 is 0. The van der Waals surface area contributed by atoms with Gasteiger partial charge < -0.3 is 15.7 Å². The van der Waals surface area contributed by atoms with E-state index in [9.17, 15) is 9.59 Å². The van der Waals surface area contributed by atoms with E-state index in [0.717, 1.165) is 5.69 Å². The second-order valence-electron chi connectivity index (χ2n) is 3.97. The van der Waals surface area contributed by atoms with Crippen LogP contribution in [0, 0.1) is 0 Å². The quantitative estimate of drug-likeness (QED) is 0.697. The van der Waals surface area contributed by atoms with Gasteiger partial charge in [-0.3, -0.25) is 9.78 Å². The average molecular weight is 251 g/mol. The van der Waals surface area contributed by atoms with Crippen LogP contribution >= 0.6 is 0 Å². The molecule has 6 heteroatoms. The van der Waals surface area contributed by atoms with E-state index in [-0.39, 0.29) is 12.5 Å². The van der Waals surface area contributed by atoms with Crippen molar-refractivity contribution in [1.29, 1.82) is 0 Å². The molecule has 0 aliphatic carbocycles. The molecule has 1 aromatic heterocycles. The number of hydrogen-bond donors (Lipinski definition) is 3. The number of hydrogen-bond acceptors (Lipinski definition) is 3. The van der Waals surface area contributed by atoms with Crippen LogP contribution in [-0.2, 0) is 11.2 Å². The van der Waals surface area contributed by atoms with E-state index >= 15 is 0 Å². The zero-order valence-electron chi connectivity index (χ0n) is 10.2. The Bertz CT molecular complexity index is 395. The average Bonchev–Trinajstić information content (AvgIpc) is 2.29. The minimum atomic E-state index is -0.934. The van der Waals surface area contributed by atoms with E-state index in [4.69, 9.17) is 5.11 Å². The molecule has 0 saturated heterocycles. The Labute approximate surface area is 105 Å². The third-order valence-corrected chi connectivity index (χ3v) is 2.25. The number of nitrogens with zero attached hydrogens (tertiary/aromatic N) is 1. The van der Waals surface area contributed by atoms with Crippen molar-refractivity contribution in [2.45, 2.75) is 25.8 Å². The second kappa shape index (κ2) is 7.26. The van der Waals surface area contributed by atoms with Crippen molar-refractivity contribution in [3.05, 3.63) is 30.1 Å². The van der Waals surface area contributed by atoms with Gasteiger partial charge >= 0.3 is 12.0 Å². The number of amides is 2. The smallest absolute Gasteiger partial charge is 0.315 e. The molecule has 0 bridgehead atoms. The fourth-order valence-electron chi connectivity index (χ4n) is 1.44. The predicted octanol–water partition coefficient (Wildman–Crippen LogP) is 0.786. The van der Waals surface area contributed by atoms with Gasteiger partial charge in [-0.2, -0.15) is 0 Å². The molecular formula is C12H17N3O3. The van der Waals surface area contributed by atoms with Crippen LogP contribution in [0.2, 0.25) is 0 Å². The summed E-state index contributed by atoms with van der Waals surface area (Å²) in [6, 6.07) is 4.85. The van der Waals surface area contributed by atoms with Gasteiger partial charge in [-0.05, 0) is 19.1 Å². The SMILES string of the molecule is CC(CC(=O)O)NC(=O)NCCc1ccccn1. The molecule has 0 spiro atoms. The van der Waals surface area contributed by atoms with E-state index in [1.54, 1.807) is 13.1 Å². The molecule has 2 amide bonds. The van der Waals surface area contributed by atoms with E-state index in [1.165, 1.54) is 0 Å². The van der Waals surface area contributed by atoms with Gasteiger partial charge in [0, 0.05) is 30.9 Å². The molecule has 1 heterocycles. The van der Waals surface area contributed by atoms with Crippen molar-refractivity contribution < 1.29 is 14.7 Å². The monoisotopic (exact) mass is 251 g/mol. The lowest BCUT2D eigenvalue weighted by Gasteiger charge is -2.12. The van der Waals surface area contributed by atoms with Crippen LogP contribution in [-0.4, -0.2) is 34.7 Å². The maximum atomic E-state index is 11.4. The summed E-state index contributed by atoms with van der Waals surface area (Å²) in [6.45, 7) is 2.11. The number of carbonyl (C=O) groups excluding carboxylic acids is 1. The molecule has 0 saturated carbocycles. The number of carboxylic acid groups (broad SMARTS) is 1. The maximum Gasteiger partial charge on any atom is 0.315 e. The number of carbonyl (C=O) groups is 2. The molecule has 0 aromatic carbocycles. The van der Waals surface area contributed by atoms with Gasteiger partial charge in [0.1, 0.15) is 0 Å². The van der Waals surface area contributed by atoms with E-state index in [2.05, 4.69) is 15.6 Å². The topological polar surface area (TPSA) is 91.3 Å². The third kappa shape index (κ3) is 5.83. The van der Waals surface area contributed by atoms with Crippen LogP contribution in [0.5, 0.6) is 0 Å². The Morgan fingerprint density at radius 1 is 1.44 bits per heavy atom. The lowest BCUT2D eigenvalue weighted by molar-refractivity contribution is -0.137. The Morgan fingerprint density at radius 2 is 2.22 bits per heavy atom. The molecule has 0 radical (unpaired) electrons. The van der Waals surface area contributed by atoms with Gasteiger partial charge in [-0.15, -0.1) is 0 Å². The lowest BCUT2D eigenvalue weighted by Crippen LogP contribution is -2.42. The Hall–Kier alpha value is -2.11. The first kappa shape index (κ1) is 14.0. The summed E-state index contributed by atoms with van der Waals surface area (Å²) in [4.78, 5) is 25.9. The molecule has 3 N–H and O–H groups in total. The van der Waals surface area contributed by atoms with Crippen LogP contribution in [0.15, 0.2) is 24.4 Å². The number of rotatable bonds is 6. The number of aliphatic carboxylic acids is 1. The summed E-state index contributed by atoms with van der Waals surface area (Å²) in [6.07, 6.45) is 2.25. The largest absolute Gasteiger partial charge is 0.481 e. The highest BCUT2D eigenvalue weighted by Crippen LogP contribution is 1.93. The lowest BCUT2D eigenvalue weighted by atomic mass is 10.2. The predicted molar refractivity (Wildman–Crippen MR) is 66.2 cm³/mol. The molecule has 1 atom stereocenters. The maximum absolute atomic E-state index is 11.4. The van der Waals surface area contributed by atoms with Gasteiger partial charge in [0.15, 0.2) is 0 Å². The molecule has 0 fully saturated rings. The summed E-state index contributed by atoms with van der Waals surface area (Å²) in [7, 11) is 0. The third-order valence-electron chi connectivity index (χ3n) is 2.25. The standard InChI is InChI=1S/C12H17N3O3/c1-9(8-11(16)17)15-12(18)14-7-5-10-4-2-3-6-13-10/h2-4,6,9H,5,7-8H2,1H3,(H,16,17)(H2,14,15,18). The minimum absolute atomic E-state index is 0.0896. The van der Waals surface area contributed by atoms with Crippen LogP contribution in [0.1, 0.15) is 19.0 Å². The normalized spacial score (nSPS) is 11.6. The zero-order valence-corrected chi connectivity index (χ0v) is 10.2. The summed E-state index contributed by atoms with van der Waals surface area (Å²) in [5.74, 6) is -0.934. The molecule has 1 unspecified atom stereocenters. The molecule has 0 aliphatic rings. The minimum Gasteiger partial charge on any atom is -0.481 e. The van der Waals surface area contributed by atoms with Gasteiger partial charge in [-0.25, -0.2) is 4.79 Å². The fourth-order valence-corrected chi connectivity index (χ4v) is 1.44. The summed E-state index contributed by atoms with van der Waals surface area (Å²) >= 11 is 0. The first-order valence-electron chi connectivity index (χ1n) is 5.74. The molecular weight excluding hydrogens is 234 g/mol. The summed E-state index contributed by atoms with van der Waals surface area (Å²) in [5, 5.41) is 13.7.